The van der Waals surface area contributed by atoms with Crippen molar-refractivity contribution < 1.29 is 4.79 Å². The Bertz CT molecular complexity index is 651. The number of hydrogen-bond acceptors (Lipinski definition) is 3. The molecule has 2 fully saturated rings. The number of hydrogen-bond donors (Lipinski definition) is 0. The zero-order valence-electron chi connectivity index (χ0n) is 16.3. The molecule has 0 radical (unpaired) electrons. The van der Waals surface area contributed by atoms with E-state index in [1.807, 2.05) is 35.8 Å². The van der Waals surface area contributed by atoms with Crippen LogP contribution in [0.3, 0.4) is 0 Å². The third-order valence-electron chi connectivity index (χ3n) is 6.11. The second-order valence-electron chi connectivity index (χ2n) is 7.79. The van der Waals surface area contributed by atoms with Crippen LogP contribution in [0.1, 0.15) is 44.1 Å². The number of likely N-dealkylation sites (N-methyl/N-ethyl adjacent to an activating group) is 1. The van der Waals surface area contributed by atoms with E-state index in [1.54, 1.807) is 6.07 Å². The number of amides is 1. The number of likely N-dealkylation sites (tertiary alicyclic amines) is 1. The number of benzene rings is 1. The Morgan fingerprint density at radius 2 is 1.85 bits per heavy atom. The van der Waals surface area contributed by atoms with E-state index in [-0.39, 0.29) is 5.91 Å². The third kappa shape index (κ3) is 5.14. The third-order valence-corrected chi connectivity index (χ3v) is 7.97. The van der Waals surface area contributed by atoms with Gasteiger partial charge in [0, 0.05) is 24.4 Å². The normalized spacial score (nSPS) is 26.7. The summed E-state index contributed by atoms with van der Waals surface area (Å²) < 4.78 is 0. The van der Waals surface area contributed by atoms with E-state index in [1.165, 1.54) is 45.2 Å². The number of halogens is 2. The molecular formula is C21H30Cl2N2OS. The van der Waals surface area contributed by atoms with E-state index < -0.39 is 0 Å². The monoisotopic (exact) mass is 428 g/mol. The summed E-state index contributed by atoms with van der Waals surface area (Å²) in [6.07, 6.45) is 10.00. The summed E-state index contributed by atoms with van der Waals surface area (Å²) in [5.74, 6) is 0.171. The molecule has 3 rings (SSSR count). The molecule has 1 saturated heterocycles. The molecule has 0 aromatic heterocycles. The maximum Gasteiger partial charge on any atom is 0.227 e. The molecule has 1 aliphatic carbocycles. The average Bonchev–Trinajstić information content (AvgIpc) is 3.10. The molecule has 1 heterocycles. The summed E-state index contributed by atoms with van der Waals surface area (Å²) in [5.41, 5.74) is 0.925. The summed E-state index contributed by atoms with van der Waals surface area (Å²) in [6.45, 7) is 2.35. The van der Waals surface area contributed by atoms with Crippen LogP contribution in [0.15, 0.2) is 18.2 Å². The minimum atomic E-state index is 0.171. The van der Waals surface area contributed by atoms with Gasteiger partial charge in [0.25, 0.3) is 0 Å². The van der Waals surface area contributed by atoms with Gasteiger partial charge in [0.05, 0.1) is 16.5 Å². The lowest BCUT2D eigenvalue weighted by atomic mass is 9.98. The van der Waals surface area contributed by atoms with Gasteiger partial charge in [0.2, 0.25) is 5.91 Å². The number of carbonyl (C=O) groups is 1. The van der Waals surface area contributed by atoms with Crippen LogP contribution >= 0.6 is 35.0 Å². The van der Waals surface area contributed by atoms with Crippen molar-refractivity contribution in [2.24, 2.45) is 0 Å². The molecule has 2 aliphatic rings. The standard InChI is InChI=1S/C21H30Cl2N2OS/c1-24(20(26)14-15-9-10-16(22)17(23)13-15)18-7-3-4-8-19(27-2)21(18)25-11-5-6-12-25/h9-10,13,18-19,21H,3-8,11-12,14H2,1-2H3. The van der Waals surface area contributed by atoms with Gasteiger partial charge < -0.3 is 4.90 Å². The predicted molar refractivity (Wildman–Crippen MR) is 117 cm³/mol. The number of nitrogens with zero attached hydrogens (tertiary/aromatic N) is 2. The Hall–Kier alpha value is -0.420. The second-order valence-corrected chi connectivity index (χ2v) is 9.68. The Balaban J connectivity index is 1.77. The number of rotatable bonds is 5. The second kappa shape index (κ2) is 9.87. The van der Waals surface area contributed by atoms with Crippen molar-refractivity contribution in [3.05, 3.63) is 33.8 Å². The van der Waals surface area contributed by atoms with Crippen LogP contribution in [0.2, 0.25) is 10.0 Å². The first kappa shape index (κ1) is 21.3. The van der Waals surface area contributed by atoms with E-state index in [0.29, 0.717) is 33.8 Å². The van der Waals surface area contributed by atoms with Crippen molar-refractivity contribution in [3.8, 4) is 0 Å². The van der Waals surface area contributed by atoms with Gasteiger partial charge in [-0.05, 0) is 62.7 Å². The van der Waals surface area contributed by atoms with Gasteiger partial charge in [-0.2, -0.15) is 11.8 Å². The van der Waals surface area contributed by atoms with E-state index in [4.69, 9.17) is 23.2 Å². The molecule has 3 unspecified atom stereocenters. The molecule has 0 bridgehead atoms. The molecule has 1 aromatic carbocycles. The van der Waals surface area contributed by atoms with Crippen molar-refractivity contribution >= 4 is 40.9 Å². The van der Waals surface area contributed by atoms with Gasteiger partial charge in [-0.1, -0.05) is 42.1 Å². The minimum Gasteiger partial charge on any atom is -0.341 e. The molecule has 3 atom stereocenters. The highest BCUT2D eigenvalue weighted by Crippen LogP contribution is 2.34. The molecule has 1 aliphatic heterocycles. The summed E-state index contributed by atoms with van der Waals surface area (Å²) >= 11 is 14.1. The van der Waals surface area contributed by atoms with Gasteiger partial charge in [-0.3, -0.25) is 9.69 Å². The SMILES string of the molecule is CSC1CCCCC(N(C)C(=O)Cc2ccc(Cl)c(Cl)c2)C1N1CCCC1. The first-order chi connectivity index (χ1) is 13.0. The van der Waals surface area contributed by atoms with Crippen LogP contribution in [0.5, 0.6) is 0 Å². The quantitative estimate of drug-likeness (QED) is 0.606. The smallest absolute Gasteiger partial charge is 0.227 e. The van der Waals surface area contributed by atoms with Crippen LogP contribution in [0.4, 0.5) is 0 Å². The van der Waals surface area contributed by atoms with Gasteiger partial charge in [-0.25, -0.2) is 0 Å². The number of carbonyl (C=O) groups excluding carboxylic acids is 1. The van der Waals surface area contributed by atoms with Gasteiger partial charge in [0.15, 0.2) is 0 Å². The number of thioether (sulfide) groups is 1. The average molecular weight is 429 g/mol. The highest BCUT2D eigenvalue weighted by Gasteiger charge is 2.39. The van der Waals surface area contributed by atoms with Crippen molar-refractivity contribution in [1.29, 1.82) is 0 Å². The molecule has 27 heavy (non-hydrogen) atoms. The molecule has 1 aromatic rings. The summed E-state index contributed by atoms with van der Waals surface area (Å²) in [6, 6.07) is 6.24. The van der Waals surface area contributed by atoms with E-state index in [0.717, 1.165) is 12.0 Å². The van der Waals surface area contributed by atoms with E-state index >= 15 is 0 Å². The van der Waals surface area contributed by atoms with E-state index in [9.17, 15) is 4.79 Å². The van der Waals surface area contributed by atoms with E-state index in [2.05, 4.69) is 11.2 Å². The summed E-state index contributed by atoms with van der Waals surface area (Å²) in [4.78, 5) is 17.8. The van der Waals surface area contributed by atoms with Crippen LogP contribution in [0.25, 0.3) is 0 Å². The topological polar surface area (TPSA) is 23.6 Å². The Morgan fingerprint density at radius 1 is 1.15 bits per heavy atom. The lowest BCUT2D eigenvalue weighted by Crippen LogP contribution is -2.55. The molecular weight excluding hydrogens is 399 g/mol. The van der Waals surface area contributed by atoms with Crippen molar-refractivity contribution in [3.63, 3.8) is 0 Å². The van der Waals surface area contributed by atoms with Crippen LogP contribution < -0.4 is 0 Å². The molecule has 6 heteroatoms. The maximum absolute atomic E-state index is 13.1. The maximum atomic E-state index is 13.1. The van der Waals surface area contributed by atoms with Crippen LogP contribution in [-0.2, 0) is 11.2 Å². The highest BCUT2D eigenvalue weighted by atomic mass is 35.5. The van der Waals surface area contributed by atoms with Gasteiger partial charge >= 0.3 is 0 Å². The molecule has 0 N–H and O–H groups in total. The first-order valence-corrected chi connectivity index (χ1v) is 12.0. The fourth-order valence-electron chi connectivity index (χ4n) is 4.62. The Labute approximate surface area is 177 Å². The van der Waals surface area contributed by atoms with Crippen molar-refractivity contribution in [1.82, 2.24) is 9.80 Å². The first-order valence-electron chi connectivity index (χ1n) is 9.97. The lowest BCUT2D eigenvalue weighted by Gasteiger charge is -2.42. The van der Waals surface area contributed by atoms with Crippen molar-refractivity contribution in [2.45, 2.75) is 62.3 Å². The molecule has 1 saturated carbocycles. The predicted octanol–water partition coefficient (Wildman–Crippen LogP) is 5.13. The van der Waals surface area contributed by atoms with Crippen molar-refractivity contribution in [2.75, 3.05) is 26.4 Å². The molecule has 150 valence electrons. The highest BCUT2D eigenvalue weighted by molar-refractivity contribution is 7.99. The van der Waals surface area contributed by atoms with Crippen LogP contribution in [-0.4, -0.2) is 59.4 Å². The zero-order valence-corrected chi connectivity index (χ0v) is 18.6. The summed E-state index contributed by atoms with van der Waals surface area (Å²) in [7, 11) is 2.00. The summed E-state index contributed by atoms with van der Waals surface area (Å²) in [5, 5.41) is 1.65. The Morgan fingerprint density at radius 3 is 2.52 bits per heavy atom. The Kier molecular flexibility index (Phi) is 7.78. The molecule has 0 spiro atoms. The molecule has 3 nitrogen and oxygen atoms in total. The fourth-order valence-corrected chi connectivity index (χ4v) is 5.98. The fraction of sp³-hybridized carbons (Fsp3) is 0.667. The minimum absolute atomic E-state index is 0.171. The van der Waals surface area contributed by atoms with Gasteiger partial charge in [0.1, 0.15) is 0 Å². The zero-order chi connectivity index (χ0) is 19.4. The largest absolute Gasteiger partial charge is 0.341 e. The van der Waals surface area contributed by atoms with Gasteiger partial charge in [-0.15, -0.1) is 0 Å². The molecule has 1 amide bonds. The van der Waals surface area contributed by atoms with Crippen LogP contribution in [0, 0.1) is 0 Å². The lowest BCUT2D eigenvalue weighted by molar-refractivity contribution is -0.132.